The van der Waals surface area contributed by atoms with Crippen LogP contribution in [0.25, 0.3) is 0 Å². The summed E-state index contributed by atoms with van der Waals surface area (Å²) >= 11 is 0. The fraction of sp³-hybridized carbons (Fsp3) is 0.533. The van der Waals surface area contributed by atoms with Gasteiger partial charge in [-0.15, -0.1) is 0 Å². The van der Waals surface area contributed by atoms with Gasteiger partial charge in [0.15, 0.2) is 0 Å². The molecule has 0 fully saturated rings. The van der Waals surface area contributed by atoms with Gasteiger partial charge < -0.3 is 10.5 Å². The SMILES string of the molecule is CC(CCCCCCN)C(=O)Oc1ccccc1. The molecule has 1 aromatic carbocycles. The summed E-state index contributed by atoms with van der Waals surface area (Å²) in [6.45, 7) is 2.68. The molecule has 0 aliphatic carbocycles. The van der Waals surface area contributed by atoms with Crippen LogP contribution in [0.2, 0.25) is 0 Å². The van der Waals surface area contributed by atoms with E-state index in [1.54, 1.807) is 12.1 Å². The monoisotopic (exact) mass is 249 g/mol. The van der Waals surface area contributed by atoms with Gasteiger partial charge in [0.1, 0.15) is 5.75 Å². The maximum atomic E-state index is 11.8. The number of unbranched alkanes of at least 4 members (excludes halogenated alkanes) is 3. The van der Waals surface area contributed by atoms with Gasteiger partial charge in [0.05, 0.1) is 5.92 Å². The second kappa shape index (κ2) is 8.70. The van der Waals surface area contributed by atoms with Crippen molar-refractivity contribution in [3.63, 3.8) is 0 Å². The standard InChI is InChI=1S/C15H23NO2/c1-13(9-5-2-3-8-12-16)15(17)18-14-10-6-4-7-11-14/h4,6-7,10-11,13H,2-3,5,8-9,12,16H2,1H3. The zero-order valence-electron chi connectivity index (χ0n) is 11.1. The number of benzene rings is 1. The van der Waals surface area contributed by atoms with E-state index in [0.29, 0.717) is 5.75 Å². The molecule has 18 heavy (non-hydrogen) atoms. The van der Waals surface area contributed by atoms with Gasteiger partial charge in [-0.25, -0.2) is 0 Å². The summed E-state index contributed by atoms with van der Waals surface area (Å²) in [6.07, 6.45) is 5.31. The summed E-state index contributed by atoms with van der Waals surface area (Å²) in [4.78, 5) is 11.8. The van der Waals surface area contributed by atoms with Crippen LogP contribution in [0.1, 0.15) is 39.0 Å². The second-order valence-corrected chi connectivity index (χ2v) is 4.63. The van der Waals surface area contributed by atoms with E-state index in [1.165, 1.54) is 0 Å². The molecule has 3 heteroatoms. The highest BCUT2D eigenvalue weighted by molar-refractivity contribution is 5.74. The van der Waals surface area contributed by atoms with E-state index in [4.69, 9.17) is 10.5 Å². The Hall–Kier alpha value is -1.35. The number of ether oxygens (including phenoxy) is 1. The molecule has 0 spiro atoms. The molecule has 0 aliphatic rings. The smallest absolute Gasteiger partial charge is 0.314 e. The molecule has 0 radical (unpaired) electrons. The molecule has 0 heterocycles. The van der Waals surface area contributed by atoms with Crippen LogP contribution in [0.5, 0.6) is 5.75 Å². The van der Waals surface area contributed by atoms with Crippen LogP contribution in [0.3, 0.4) is 0 Å². The predicted molar refractivity (Wildman–Crippen MR) is 73.4 cm³/mol. The van der Waals surface area contributed by atoms with Crippen molar-refractivity contribution in [1.82, 2.24) is 0 Å². The fourth-order valence-electron chi connectivity index (χ4n) is 1.77. The minimum Gasteiger partial charge on any atom is -0.426 e. The summed E-state index contributed by atoms with van der Waals surface area (Å²) in [5, 5.41) is 0. The summed E-state index contributed by atoms with van der Waals surface area (Å²) in [5.41, 5.74) is 5.43. The maximum absolute atomic E-state index is 11.8. The number of carbonyl (C=O) groups is 1. The number of nitrogens with two attached hydrogens (primary N) is 1. The topological polar surface area (TPSA) is 52.3 Å². The third-order valence-electron chi connectivity index (χ3n) is 2.96. The Kier molecular flexibility index (Phi) is 7.11. The molecule has 1 atom stereocenters. The molecule has 100 valence electrons. The summed E-state index contributed by atoms with van der Waals surface area (Å²) in [7, 11) is 0. The predicted octanol–water partition coefficient (Wildman–Crippen LogP) is 3.14. The number of para-hydroxylation sites is 1. The van der Waals surface area contributed by atoms with E-state index in [1.807, 2.05) is 25.1 Å². The van der Waals surface area contributed by atoms with Gasteiger partial charge in [-0.2, -0.15) is 0 Å². The molecule has 1 rings (SSSR count). The van der Waals surface area contributed by atoms with Crippen LogP contribution in [0.4, 0.5) is 0 Å². The molecule has 1 unspecified atom stereocenters. The third-order valence-corrected chi connectivity index (χ3v) is 2.96. The number of hydrogen-bond donors (Lipinski definition) is 1. The lowest BCUT2D eigenvalue weighted by Crippen LogP contribution is -2.17. The summed E-state index contributed by atoms with van der Waals surface area (Å²) in [6, 6.07) is 9.22. The highest BCUT2D eigenvalue weighted by Gasteiger charge is 2.14. The van der Waals surface area contributed by atoms with Crippen LogP contribution in [-0.2, 0) is 4.79 Å². The highest BCUT2D eigenvalue weighted by atomic mass is 16.5. The average Bonchev–Trinajstić information content (AvgIpc) is 2.39. The molecule has 2 N–H and O–H groups in total. The normalized spacial score (nSPS) is 12.1. The Balaban J connectivity index is 2.21. The van der Waals surface area contributed by atoms with Crippen molar-refractivity contribution in [2.45, 2.75) is 39.0 Å². The van der Waals surface area contributed by atoms with Crippen molar-refractivity contribution in [3.05, 3.63) is 30.3 Å². The number of esters is 1. The van der Waals surface area contributed by atoms with E-state index < -0.39 is 0 Å². The minimum atomic E-state index is -0.139. The fourth-order valence-corrected chi connectivity index (χ4v) is 1.77. The highest BCUT2D eigenvalue weighted by Crippen LogP contribution is 2.15. The first-order valence-corrected chi connectivity index (χ1v) is 6.71. The van der Waals surface area contributed by atoms with Crippen LogP contribution in [-0.4, -0.2) is 12.5 Å². The summed E-state index contributed by atoms with van der Waals surface area (Å²) in [5.74, 6) is 0.445. The van der Waals surface area contributed by atoms with Crippen molar-refractivity contribution in [2.75, 3.05) is 6.54 Å². The van der Waals surface area contributed by atoms with E-state index in [9.17, 15) is 4.79 Å². The zero-order valence-corrected chi connectivity index (χ0v) is 11.1. The molecule has 0 aromatic heterocycles. The van der Waals surface area contributed by atoms with E-state index in [-0.39, 0.29) is 11.9 Å². The Morgan fingerprint density at radius 2 is 1.83 bits per heavy atom. The number of hydrogen-bond acceptors (Lipinski definition) is 3. The molecule has 0 saturated heterocycles. The minimum absolute atomic E-state index is 0.0388. The number of carbonyl (C=O) groups excluding carboxylic acids is 1. The van der Waals surface area contributed by atoms with Crippen LogP contribution >= 0.6 is 0 Å². The van der Waals surface area contributed by atoms with Gasteiger partial charge in [0.2, 0.25) is 0 Å². The lowest BCUT2D eigenvalue weighted by atomic mass is 10.0. The zero-order chi connectivity index (χ0) is 13.2. The van der Waals surface area contributed by atoms with Crippen LogP contribution in [0.15, 0.2) is 30.3 Å². The number of rotatable bonds is 8. The van der Waals surface area contributed by atoms with Crippen molar-refractivity contribution < 1.29 is 9.53 Å². The molecular weight excluding hydrogens is 226 g/mol. The lowest BCUT2D eigenvalue weighted by molar-refractivity contribution is -0.138. The van der Waals surface area contributed by atoms with E-state index >= 15 is 0 Å². The van der Waals surface area contributed by atoms with Crippen molar-refractivity contribution in [3.8, 4) is 5.75 Å². The molecule has 0 saturated carbocycles. The molecule has 3 nitrogen and oxygen atoms in total. The quantitative estimate of drug-likeness (QED) is 0.437. The maximum Gasteiger partial charge on any atom is 0.314 e. The van der Waals surface area contributed by atoms with Crippen molar-refractivity contribution in [2.24, 2.45) is 11.7 Å². The molecule has 1 aromatic rings. The van der Waals surface area contributed by atoms with Gasteiger partial charge in [-0.1, -0.05) is 44.4 Å². The first kappa shape index (κ1) is 14.7. The first-order chi connectivity index (χ1) is 8.74. The van der Waals surface area contributed by atoms with Gasteiger partial charge in [0, 0.05) is 0 Å². The van der Waals surface area contributed by atoms with E-state index in [2.05, 4.69) is 0 Å². The molecule has 0 amide bonds. The average molecular weight is 249 g/mol. The Morgan fingerprint density at radius 1 is 1.17 bits per heavy atom. The van der Waals surface area contributed by atoms with Gasteiger partial charge >= 0.3 is 5.97 Å². The first-order valence-electron chi connectivity index (χ1n) is 6.71. The molecule has 0 bridgehead atoms. The Bertz CT molecular complexity index is 338. The van der Waals surface area contributed by atoms with Crippen LogP contribution in [0, 0.1) is 5.92 Å². The Labute approximate surface area is 109 Å². The summed E-state index contributed by atoms with van der Waals surface area (Å²) < 4.78 is 5.30. The van der Waals surface area contributed by atoms with E-state index in [0.717, 1.165) is 38.6 Å². The lowest BCUT2D eigenvalue weighted by Gasteiger charge is -2.10. The van der Waals surface area contributed by atoms with Gasteiger partial charge in [0.25, 0.3) is 0 Å². The van der Waals surface area contributed by atoms with Crippen LogP contribution < -0.4 is 10.5 Å². The second-order valence-electron chi connectivity index (χ2n) is 4.63. The van der Waals surface area contributed by atoms with Crippen molar-refractivity contribution >= 4 is 5.97 Å². The van der Waals surface area contributed by atoms with Crippen molar-refractivity contribution in [1.29, 1.82) is 0 Å². The molecular formula is C15H23NO2. The van der Waals surface area contributed by atoms with Gasteiger partial charge in [-0.3, -0.25) is 4.79 Å². The largest absolute Gasteiger partial charge is 0.426 e. The Morgan fingerprint density at radius 3 is 2.50 bits per heavy atom. The third kappa shape index (κ3) is 5.82. The molecule has 0 aliphatic heterocycles. The van der Waals surface area contributed by atoms with Gasteiger partial charge in [-0.05, 0) is 31.5 Å².